The highest BCUT2D eigenvalue weighted by Gasteiger charge is 2.07. The molecule has 2 heterocycles. The first kappa shape index (κ1) is 11.4. The van der Waals surface area contributed by atoms with Gasteiger partial charge in [0.1, 0.15) is 12.0 Å². The zero-order chi connectivity index (χ0) is 12.3. The molecule has 88 valence electrons. The van der Waals surface area contributed by atoms with Gasteiger partial charge in [0.2, 0.25) is 5.88 Å². The van der Waals surface area contributed by atoms with Crippen LogP contribution in [0.3, 0.4) is 0 Å². The lowest BCUT2D eigenvalue weighted by atomic mass is 10.3. The number of nitrogens with zero attached hydrogens (tertiary/aromatic N) is 4. The van der Waals surface area contributed by atoms with Crippen molar-refractivity contribution in [1.29, 1.82) is 0 Å². The van der Waals surface area contributed by atoms with E-state index in [1.165, 1.54) is 6.33 Å². The molecular weight excluding hydrogens is 218 g/mol. The first-order valence-electron chi connectivity index (χ1n) is 5.14. The Morgan fingerprint density at radius 3 is 2.76 bits per heavy atom. The van der Waals surface area contributed by atoms with Crippen LogP contribution in [0.25, 0.3) is 11.5 Å². The number of aromatic nitrogens is 4. The summed E-state index contributed by atoms with van der Waals surface area (Å²) in [5, 5.41) is 0. The van der Waals surface area contributed by atoms with E-state index in [1.807, 2.05) is 13.0 Å². The Morgan fingerprint density at radius 1 is 1.24 bits per heavy atom. The topological polar surface area (TPSA) is 86.8 Å². The van der Waals surface area contributed by atoms with Gasteiger partial charge in [-0.1, -0.05) is 0 Å². The molecule has 0 unspecified atom stereocenters. The fourth-order valence-corrected chi connectivity index (χ4v) is 1.43. The number of rotatable bonds is 3. The molecule has 2 aromatic rings. The van der Waals surface area contributed by atoms with Gasteiger partial charge in [-0.05, 0) is 13.0 Å². The summed E-state index contributed by atoms with van der Waals surface area (Å²) in [6.07, 6.45) is 1.42. The van der Waals surface area contributed by atoms with Crippen LogP contribution in [0.2, 0.25) is 0 Å². The third-order valence-corrected chi connectivity index (χ3v) is 2.20. The van der Waals surface area contributed by atoms with Gasteiger partial charge >= 0.3 is 0 Å². The highest BCUT2D eigenvalue weighted by atomic mass is 16.5. The lowest BCUT2D eigenvalue weighted by molar-refractivity contribution is 0.397. The molecule has 0 bridgehead atoms. The summed E-state index contributed by atoms with van der Waals surface area (Å²) in [7, 11) is 1.55. The van der Waals surface area contributed by atoms with Gasteiger partial charge < -0.3 is 10.5 Å². The van der Waals surface area contributed by atoms with Crippen molar-refractivity contribution in [3.8, 4) is 17.4 Å². The van der Waals surface area contributed by atoms with Crippen LogP contribution in [0.15, 0.2) is 18.5 Å². The second-order valence-corrected chi connectivity index (χ2v) is 3.47. The van der Waals surface area contributed by atoms with Crippen molar-refractivity contribution in [1.82, 2.24) is 19.9 Å². The molecule has 6 heteroatoms. The lowest BCUT2D eigenvalue weighted by Crippen LogP contribution is -2.04. The van der Waals surface area contributed by atoms with Gasteiger partial charge in [0, 0.05) is 18.3 Å². The average Bonchev–Trinajstić information content (AvgIpc) is 2.38. The highest BCUT2D eigenvalue weighted by Crippen LogP contribution is 2.16. The second-order valence-electron chi connectivity index (χ2n) is 3.47. The zero-order valence-corrected chi connectivity index (χ0v) is 9.71. The Labute approximate surface area is 98.9 Å². The van der Waals surface area contributed by atoms with Crippen LogP contribution in [0, 0.1) is 6.92 Å². The average molecular weight is 231 g/mol. The second kappa shape index (κ2) is 4.84. The maximum atomic E-state index is 5.57. The van der Waals surface area contributed by atoms with Gasteiger partial charge in [-0.25, -0.2) is 19.9 Å². The Morgan fingerprint density at radius 2 is 2.06 bits per heavy atom. The van der Waals surface area contributed by atoms with Crippen LogP contribution >= 0.6 is 0 Å². The van der Waals surface area contributed by atoms with E-state index in [-0.39, 0.29) is 0 Å². The lowest BCUT2D eigenvalue weighted by Gasteiger charge is -2.04. The van der Waals surface area contributed by atoms with Crippen molar-refractivity contribution >= 4 is 0 Å². The largest absolute Gasteiger partial charge is 0.481 e. The Kier molecular flexibility index (Phi) is 3.24. The monoisotopic (exact) mass is 231 g/mol. The molecule has 2 rings (SSSR count). The zero-order valence-electron chi connectivity index (χ0n) is 9.71. The van der Waals surface area contributed by atoms with Gasteiger partial charge in [-0.2, -0.15) is 0 Å². The van der Waals surface area contributed by atoms with Crippen molar-refractivity contribution in [3.05, 3.63) is 29.8 Å². The summed E-state index contributed by atoms with van der Waals surface area (Å²) in [5.41, 5.74) is 7.83. The number of aryl methyl sites for hydroxylation is 1. The smallest absolute Gasteiger partial charge is 0.216 e. The molecule has 0 fully saturated rings. The van der Waals surface area contributed by atoms with Crippen molar-refractivity contribution in [2.75, 3.05) is 7.11 Å². The SMILES string of the molecule is COc1cc(-c2nc(C)cc(CN)n2)ncn1. The third kappa shape index (κ3) is 2.54. The van der Waals surface area contributed by atoms with Crippen LogP contribution in [0.5, 0.6) is 5.88 Å². The molecule has 0 aliphatic heterocycles. The fraction of sp³-hybridized carbons (Fsp3) is 0.273. The summed E-state index contributed by atoms with van der Waals surface area (Å²) < 4.78 is 5.03. The molecule has 0 radical (unpaired) electrons. The maximum absolute atomic E-state index is 5.57. The summed E-state index contributed by atoms with van der Waals surface area (Å²) in [6, 6.07) is 3.54. The van der Waals surface area contributed by atoms with Gasteiger partial charge in [0.05, 0.1) is 12.8 Å². The van der Waals surface area contributed by atoms with E-state index in [9.17, 15) is 0 Å². The highest BCUT2D eigenvalue weighted by molar-refractivity contribution is 5.50. The van der Waals surface area contributed by atoms with Crippen molar-refractivity contribution < 1.29 is 4.74 Å². The third-order valence-electron chi connectivity index (χ3n) is 2.20. The Bertz CT molecular complexity index is 529. The normalized spacial score (nSPS) is 10.3. The van der Waals surface area contributed by atoms with E-state index in [4.69, 9.17) is 10.5 Å². The van der Waals surface area contributed by atoms with E-state index in [0.717, 1.165) is 11.4 Å². The van der Waals surface area contributed by atoms with E-state index in [2.05, 4.69) is 19.9 Å². The van der Waals surface area contributed by atoms with E-state index in [1.54, 1.807) is 13.2 Å². The molecule has 0 amide bonds. The number of hydrogen-bond donors (Lipinski definition) is 1. The summed E-state index contributed by atoms with van der Waals surface area (Å²) in [5.74, 6) is 1.01. The van der Waals surface area contributed by atoms with Crippen LogP contribution in [0.4, 0.5) is 0 Å². The molecule has 17 heavy (non-hydrogen) atoms. The molecular formula is C11H13N5O. The first-order valence-corrected chi connectivity index (χ1v) is 5.14. The predicted molar refractivity (Wildman–Crippen MR) is 62.2 cm³/mol. The van der Waals surface area contributed by atoms with Gasteiger partial charge in [0.15, 0.2) is 5.82 Å². The minimum atomic E-state index is 0.374. The van der Waals surface area contributed by atoms with Crippen LogP contribution in [-0.4, -0.2) is 27.0 Å². The summed E-state index contributed by atoms with van der Waals surface area (Å²) >= 11 is 0. The fourth-order valence-electron chi connectivity index (χ4n) is 1.43. The minimum Gasteiger partial charge on any atom is -0.481 e. The van der Waals surface area contributed by atoms with Crippen molar-refractivity contribution in [3.63, 3.8) is 0 Å². The molecule has 2 N–H and O–H groups in total. The quantitative estimate of drug-likeness (QED) is 0.837. The van der Waals surface area contributed by atoms with Crippen LogP contribution < -0.4 is 10.5 Å². The molecule has 0 atom stereocenters. The van der Waals surface area contributed by atoms with E-state index in [0.29, 0.717) is 23.9 Å². The molecule has 0 aromatic carbocycles. The summed E-state index contributed by atoms with van der Waals surface area (Å²) in [4.78, 5) is 16.7. The Balaban J connectivity index is 2.47. The maximum Gasteiger partial charge on any atom is 0.216 e. The molecule has 0 aliphatic carbocycles. The van der Waals surface area contributed by atoms with E-state index < -0.39 is 0 Å². The van der Waals surface area contributed by atoms with Crippen molar-refractivity contribution in [2.45, 2.75) is 13.5 Å². The summed E-state index contributed by atoms with van der Waals surface area (Å²) in [6.45, 7) is 2.27. The van der Waals surface area contributed by atoms with Gasteiger partial charge in [0.25, 0.3) is 0 Å². The molecule has 0 saturated carbocycles. The number of nitrogens with two attached hydrogens (primary N) is 1. The number of methoxy groups -OCH3 is 1. The number of hydrogen-bond acceptors (Lipinski definition) is 6. The molecule has 6 nitrogen and oxygen atoms in total. The Hall–Kier alpha value is -2.08. The van der Waals surface area contributed by atoms with Gasteiger partial charge in [-0.3, -0.25) is 0 Å². The minimum absolute atomic E-state index is 0.374. The van der Waals surface area contributed by atoms with Crippen LogP contribution in [0.1, 0.15) is 11.4 Å². The van der Waals surface area contributed by atoms with Gasteiger partial charge in [-0.15, -0.1) is 0 Å². The van der Waals surface area contributed by atoms with E-state index >= 15 is 0 Å². The standard InChI is InChI=1S/C11H13N5O/c1-7-3-8(5-12)16-11(15-7)9-4-10(17-2)14-6-13-9/h3-4,6H,5,12H2,1-2H3. The molecule has 0 saturated heterocycles. The molecule has 2 aromatic heterocycles. The van der Waals surface area contributed by atoms with Crippen molar-refractivity contribution in [2.24, 2.45) is 5.73 Å². The molecule has 0 aliphatic rings. The molecule has 0 spiro atoms. The predicted octanol–water partition coefficient (Wildman–Crippen LogP) is 0.709. The first-order chi connectivity index (χ1) is 8.22. The number of ether oxygens (including phenoxy) is 1. The van der Waals surface area contributed by atoms with Crippen LogP contribution in [-0.2, 0) is 6.54 Å².